The molecule has 0 spiro atoms. The standard InChI is InChI=1S/C12H15NO3/c14-12(11-2-1-5-15-11)16-10-6-8-3-4-9(7-10)13-8/h1-2,5,8-10,13H,3-4,6-7H2/t8-,9+,10?. The van der Waals surface area contributed by atoms with E-state index in [1.165, 1.54) is 19.1 Å². The van der Waals surface area contributed by atoms with Crippen LogP contribution in [0.3, 0.4) is 0 Å². The lowest BCUT2D eigenvalue weighted by Crippen LogP contribution is -2.42. The minimum absolute atomic E-state index is 0.0522. The number of ether oxygens (including phenoxy) is 1. The highest BCUT2D eigenvalue weighted by molar-refractivity contribution is 5.86. The Labute approximate surface area is 94.0 Å². The van der Waals surface area contributed by atoms with Crippen molar-refractivity contribution in [2.75, 3.05) is 0 Å². The molecule has 0 aromatic carbocycles. The third-order valence-electron chi connectivity index (χ3n) is 3.43. The van der Waals surface area contributed by atoms with E-state index in [-0.39, 0.29) is 12.1 Å². The van der Waals surface area contributed by atoms with Crippen LogP contribution in [0.2, 0.25) is 0 Å². The lowest BCUT2D eigenvalue weighted by Gasteiger charge is -2.28. The van der Waals surface area contributed by atoms with E-state index >= 15 is 0 Å². The topological polar surface area (TPSA) is 51.5 Å². The first kappa shape index (κ1) is 9.90. The molecule has 2 aliphatic rings. The molecule has 3 heterocycles. The van der Waals surface area contributed by atoms with Crippen LogP contribution in [-0.2, 0) is 4.74 Å². The number of nitrogens with one attached hydrogen (secondary N) is 1. The Balaban J connectivity index is 1.61. The molecule has 4 nitrogen and oxygen atoms in total. The molecule has 0 radical (unpaired) electrons. The van der Waals surface area contributed by atoms with Gasteiger partial charge in [-0.25, -0.2) is 4.79 Å². The van der Waals surface area contributed by atoms with E-state index in [9.17, 15) is 4.79 Å². The molecule has 1 aromatic rings. The van der Waals surface area contributed by atoms with Crippen LogP contribution in [0.1, 0.15) is 36.2 Å². The van der Waals surface area contributed by atoms with E-state index < -0.39 is 0 Å². The maximum absolute atomic E-state index is 11.7. The molecule has 3 rings (SSSR count). The van der Waals surface area contributed by atoms with Crippen molar-refractivity contribution in [3.63, 3.8) is 0 Å². The van der Waals surface area contributed by atoms with Gasteiger partial charge in [0.15, 0.2) is 0 Å². The highest BCUT2D eigenvalue weighted by Gasteiger charge is 2.35. The number of fused-ring (bicyclic) bond motifs is 2. The second-order valence-corrected chi connectivity index (χ2v) is 4.61. The van der Waals surface area contributed by atoms with Gasteiger partial charge in [0, 0.05) is 12.1 Å². The molecule has 86 valence electrons. The molecule has 2 bridgehead atoms. The van der Waals surface area contributed by atoms with Gasteiger partial charge < -0.3 is 14.5 Å². The van der Waals surface area contributed by atoms with Crippen LogP contribution in [0, 0.1) is 0 Å². The predicted octanol–water partition coefficient (Wildman–Crippen LogP) is 1.72. The van der Waals surface area contributed by atoms with Crippen molar-refractivity contribution in [3.05, 3.63) is 24.2 Å². The van der Waals surface area contributed by atoms with E-state index in [2.05, 4.69) is 5.32 Å². The lowest BCUT2D eigenvalue weighted by molar-refractivity contribution is 0.0144. The molecule has 16 heavy (non-hydrogen) atoms. The SMILES string of the molecule is O=C(OC1C[C@H]2CC[C@@H](C1)N2)c1ccco1. The van der Waals surface area contributed by atoms with Crippen molar-refractivity contribution in [2.24, 2.45) is 0 Å². The second-order valence-electron chi connectivity index (χ2n) is 4.61. The van der Waals surface area contributed by atoms with Crippen LogP contribution in [0.25, 0.3) is 0 Å². The third-order valence-corrected chi connectivity index (χ3v) is 3.43. The fourth-order valence-electron chi connectivity index (χ4n) is 2.71. The summed E-state index contributed by atoms with van der Waals surface area (Å²) in [6, 6.07) is 4.40. The number of hydrogen-bond acceptors (Lipinski definition) is 4. The highest BCUT2D eigenvalue weighted by Crippen LogP contribution is 2.28. The zero-order valence-electron chi connectivity index (χ0n) is 9.02. The van der Waals surface area contributed by atoms with Crippen molar-refractivity contribution in [1.82, 2.24) is 5.32 Å². The van der Waals surface area contributed by atoms with Gasteiger partial charge in [0.25, 0.3) is 0 Å². The minimum Gasteiger partial charge on any atom is -0.457 e. The Morgan fingerprint density at radius 2 is 2.12 bits per heavy atom. The maximum atomic E-state index is 11.7. The smallest absolute Gasteiger partial charge is 0.374 e. The molecule has 1 N–H and O–H groups in total. The molecule has 0 aliphatic carbocycles. The van der Waals surface area contributed by atoms with Gasteiger partial charge in [0.1, 0.15) is 6.10 Å². The summed E-state index contributed by atoms with van der Waals surface area (Å²) in [6.07, 6.45) is 5.82. The van der Waals surface area contributed by atoms with Crippen LogP contribution < -0.4 is 5.32 Å². The summed E-state index contributed by atoms with van der Waals surface area (Å²) in [5.74, 6) is -0.0396. The van der Waals surface area contributed by atoms with Crippen molar-refractivity contribution in [1.29, 1.82) is 0 Å². The summed E-state index contributed by atoms with van der Waals surface area (Å²) < 4.78 is 10.5. The van der Waals surface area contributed by atoms with E-state index in [1.807, 2.05) is 0 Å². The average molecular weight is 221 g/mol. The normalized spacial score (nSPS) is 32.6. The molecule has 2 saturated heterocycles. The van der Waals surface area contributed by atoms with Gasteiger partial charge >= 0.3 is 5.97 Å². The number of hydrogen-bond donors (Lipinski definition) is 1. The van der Waals surface area contributed by atoms with E-state index in [4.69, 9.17) is 9.15 Å². The van der Waals surface area contributed by atoms with Crippen molar-refractivity contribution in [3.8, 4) is 0 Å². The first-order valence-corrected chi connectivity index (χ1v) is 5.82. The van der Waals surface area contributed by atoms with Crippen LogP contribution in [0.4, 0.5) is 0 Å². The minimum atomic E-state index is -0.337. The Hall–Kier alpha value is -1.29. The number of carbonyl (C=O) groups excluding carboxylic acids is 1. The van der Waals surface area contributed by atoms with Gasteiger partial charge in [0.2, 0.25) is 5.76 Å². The number of piperidine rings is 1. The van der Waals surface area contributed by atoms with Gasteiger partial charge in [0.05, 0.1) is 6.26 Å². The van der Waals surface area contributed by atoms with E-state index in [1.54, 1.807) is 12.1 Å². The van der Waals surface area contributed by atoms with Crippen molar-refractivity contribution >= 4 is 5.97 Å². The van der Waals surface area contributed by atoms with E-state index in [0.717, 1.165) is 12.8 Å². The molecular weight excluding hydrogens is 206 g/mol. The Morgan fingerprint density at radius 1 is 1.38 bits per heavy atom. The largest absolute Gasteiger partial charge is 0.457 e. The number of rotatable bonds is 2. The molecular formula is C12H15NO3. The van der Waals surface area contributed by atoms with Gasteiger partial charge in [-0.15, -0.1) is 0 Å². The van der Waals surface area contributed by atoms with Gasteiger partial charge in [-0.3, -0.25) is 0 Å². The Bertz CT molecular complexity index is 362. The lowest BCUT2D eigenvalue weighted by atomic mass is 10.0. The Morgan fingerprint density at radius 3 is 2.75 bits per heavy atom. The monoisotopic (exact) mass is 221 g/mol. The fraction of sp³-hybridized carbons (Fsp3) is 0.583. The summed E-state index contributed by atoms with van der Waals surface area (Å²) in [5, 5.41) is 3.51. The molecule has 0 saturated carbocycles. The van der Waals surface area contributed by atoms with Crippen molar-refractivity contribution < 1.29 is 13.9 Å². The summed E-state index contributed by atoms with van der Waals surface area (Å²) >= 11 is 0. The van der Waals surface area contributed by atoms with Crippen LogP contribution >= 0.6 is 0 Å². The number of carbonyl (C=O) groups is 1. The van der Waals surface area contributed by atoms with Gasteiger partial charge in [-0.2, -0.15) is 0 Å². The molecule has 1 unspecified atom stereocenters. The molecule has 1 aromatic heterocycles. The van der Waals surface area contributed by atoms with Gasteiger partial charge in [-0.1, -0.05) is 0 Å². The quantitative estimate of drug-likeness (QED) is 0.772. The highest BCUT2D eigenvalue weighted by atomic mass is 16.6. The average Bonchev–Trinajstić information content (AvgIpc) is 2.88. The molecule has 0 amide bonds. The van der Waals surface area contributed by atoms with Crippen LogP contribution in [0.15, 0.2) is 22.8 Å². The maximum Gasteiger partial charge on any atom is 0.374 e. The van der Waals surface area contributed by atoms with Crippen LogP contribution in [-0.4, -0.2) is 24.2 Å². The summed E-state index contributed by atoms with van der Waals surface area (Å²) in [7, 11) is 0. The zero-order valence-corrected chi connectivity index (χ0v) is 9.02. The zero-order chi connectivity index (χ0) is 11.0. The molecule has 2 fully saturated rings. The summed E-state index contributed by atoms with van der Waals surface area (Å²) in [4.78, 5) is 11.7. The fourth-order valence-corrected chi connectivity index (χ4v) is 2.71. The Kier molecular flexibility index (Phi) is 2.44. The van der Waals surface area contributed by atoms with Crippen LogP contribution in [0.5, 0.6) is 0 Å². The summed E-state index contributed by atoms with van der Waals surface area (Å²) in [6.45, 7) is 0. The number of furan rings is 1. The summed E-state index contributed by atoms with van der Waals surface area (Å²) in [5.41, 5.74) is 0. The molecule has 2 aliphatic heterocycles. The van der Waals surface area contributed by atoms with Crippen molar-refractivity contribution in [2.45, 2.75) is 43.9 Å². The van der Waals surface area contributed by atoms with E-state index in [0.29, 0.717) is 17.8 Å². The van der Waals surface area contributed by atoms with Gasteiger partial charge in [-0.05, 0) is 37.8 Å². The first-order chi connectivity index (χ1) is 7.81. The number of esters is 1. The second kappa shape index (κ2) is 3.94. The third kappa shape index (κ3) is 1.85. The predicted molar refractivity (Wildman–Crippen MR) is 57.1 cm³/mol. The molecule has 4 heteroatoms. The first-order valence-electron chi connectivity index (χ1n) is 5.82. The molecule has 3 atom stereocenters.